The van der Waals surface area contributed by atoms with Gasteiger partial charge in [-0.15, -0.1) is 0 Å². The van der Waals surface area contributed by atoms with Crippen LogP contribution in [0.2, 0.25) is 0 Å². The van der Waals surface area contributed by atoms with Gasteiger partial charge in [0.05, 0.1) is 6.04 Å². The normalized spacial score (nSPS) is 13.5. The highest BCUT2D eigenvalue weighted by atomic mass is 19.1. The number of rotatable bonds is 4. The summed E-state index contributed by atoms with van der Waals surface area (Å²) < 4.78 is 12.7. The van der Waals surface area contributed by atoms with Crippen molar-refractivity contribution < 1.29 is 4.39 Å². The summed E-state index contributed by atoms with van der Waals surface area (Å²) in [7, 11) is 1.68. The highest BCUT2D eigenvalue weighted by Gasteiger charge is 2.05. The van der Waals surface area contributed by atoms with E-state index in [4.69, 9.17) is 5.73 Å². The Bertz CT molecular complexity index is 343. The Morgan fingerprint density at radius 1 is 1.40 bits per heavy atom. The molecular formula is C11H14FN3. The van der Waals surface area contributed by atoms with Crippen LogP contribution in [0.25, 0.3) is 0 Å². The first-order valence-corrected chi connectivity index (χ1v) is 4.58. The average molecular weight is 207 g/mol. The Morgan fingerprint density at radius 2 is 2.07 bits per heavy atom. The summed E-state index contributed by atoms with van der Waals surface area (Å²) in [6, 6.07) is 6.16. The third-order valence-electron chi connectivity index (χ3n) is 1.90. The number of nitrogens with zero attached hydrogens (tertiary/aromatic N) is 1. The summed E-state index contributed by atoms with van der Waals surface area (Å²) >= 11 is 0. The number of halogens is 1. The first-order chi connectivity index (χ1) is 7.27. The van der Waals surface area contributed by atoms with Gasteiger partial charge in [-0.3, -0.25) is 4.99 Å². The Hall–Kier alpha value is -1.84. The summed E-state index contributed by atoms with van der Waals surface area (Å²) in [5.74, 6) is -0.250. The predicted molar refractivity (Wildman–Crippen MR) is 60.0 cm³/mol. The molecule has 0 saturated heterocycles. The summed E-state index contributed by atoms with van der Waals surface area (Å²) in [5, 5.41) is 3.03. The van der Waals surface area contributed by atoms with E-state index in [9.17, 15) is 4.39 Å². The molecule has 4 heteroatoms. The third-order valence-corrected chi connectivity index (χ3v) is 1.90. The minimum absolute atomic E-state index is 0.0876. The molecule has 0 fully saturated rings. The van der Waals surface area contributed by atoms with Crippen LogP contribution in [-0.4, -0.2) is 13.3 Å². The van der Waals surface area contributed by atoms with Gasteiger partial charge in [0.1, 0.15) is 5.82 Å². The number of aliphatic imine (C=N–C) groups is 1. The van der Waals surface area contributed by atoms with Crippen molar-refractivity contribution in [2.45, 2.75) is 6.04 Å². The summed E-state index contributed by atoms with van der Waals surface area (Å²) in [4.78, 5) is 3.93. The maximum atomic E-state index is 12.7. The molecule has 80 valence electrons. The van der Waals surface area contributed by atoms with Crippen LogP contribution in [0.4, 0.5) is 4.39 Å². The molecule has 1 aromatic carbocycles. The van der Waals surface area contributed by atoms with Crippen LogP contribution in [-0.2, 0) is 0 Å². The first-order valence-electron chi connectivity index (χ1n) is 4.58. The van der Waals surface area contributed by atoms with Gasteiger partial charge in [0.2, 0.25) is 0 Å². The zero-order valence-electron chi connectivity index (χ0n) is 8.52. The molecule has 1 atom stereocenters. The fraction of sp³-hybridized carbons (Fsp3) is 0.182. The molecule has 3 N–H and O–H groups in total. The quantitative estimate of drug-likeness (QED) is 0.736. The topological polar surface area (TPSA) is 50.4 Å². The van der Waals surface area contributed by atoms with E-state index >= 15 is 0 Å². The molecule has 1 rings (SSSR count). The van der Waals surface area contributed by atoms with Gasteiger partial charge < -0.3 is 11.1 Å². The molecule has 3 nitrogen and oxygen atoms in total. The lowest BCUT2D eigenvalue weighted by molar-refractivity contribution is 0.626. The largest absolute Gasteiger partial charge is 0.403 e. The number of hydrogen-bond acceptors (Lipinski definition) is 3. The number of hydrogen-bond donors (Lipinski definition) is 2. The van der Waals surface area contributed by atoms with Crippen molar-refractivity contribution in [1.29, 1.82) is 0 Å². The average Bonchev–Trinajstić information content (AvgIpc) is 2.25. The van der Waals surface area contributed by atoms with Gasteiger partial charge in [0.15, 0.2) is 0 Å². The van der Waals surface area contributed by atoms with E-state index in [1.807, 2.05) is 0 Å². The highest BCUT2D eigenvalue weighted by molar-refractivity contribution is 5.67. The fourth-order valence-corrected chi connectivity index (χ4v) is 1.20. The lowest BCUT2D eigenvalue weighted by atomic mass is 10.1. The standard InChI is InChI=1S/C11H14FN3/c1-14-8-11(15-7-6-13)9-2-4-10(12)5-3-9/h2-8,11,15H,13H2,1H3/b7-6+,14-8-. The summed E-state index contributed by atoms with van der Waals surface area (Å²) in [6.45, 7) is 0. The third kappa shape index (κ3) is 3.42. The molecule has 1 aromatic rings. The van der Waals surface area contributed by atoms with Crippen LogP contribution in [0.5, 0.6) is 0 Å². The molecule has 0 bridgehead atoms. The van der Waals surface area contributed by atoms with Crippen LogP contribution >= 0.6 is 0 Å². The molecule has 0 aliphatic heterocycles. The second-order valence-electron chi connectivity index (χ2n) is 2.96. The molecule has 1 unspecified atom stereocenters. The monoisotopic (exact) mass is 207 g/mol. The van der Waals surface area contributed by atoms with Gasteiger partial charge in [-0.2, -0.15) is 0 Å². The van der Waals surface area contributed by atoms with Crippen molar-refractivity contribution in [2.75, 3.05) is 7.05 Å². The number of nitrogens with two attached hydrogens (primary N) is 1. The van der Waals surface area contributed by atoms with Gasteiger partial charge in [0, 0.05) is 25.7 Å². The Morgan fingerprint density at radius 3 is 2.60 bits per heavy atom. The van der Waals surface area contributed by atoms with E-state index < -0.39 is 0 Å². The maximum Gasteiger partial charge on any atom is 0.123 e. The van der Waals surface area contributed by atoms with Crippen LogP contribution < -0.4 is 11.1 Å². The Kier molecular flexibility index (Phi) is 4.34. The minimum Gasteiger partial charge on any atom is -0.403 e. The number of nitrogens with one attached hydrogen (secondary N) is 1. The first kappa shape index (κ1) is 11.2. The Balaban J connectivity index is 2.83. The van der Waals surface area contributed by atoms with Crippen molar-refractivity contribution in [1.82, 2.24) is 5.32 Å². The zero-order valence-corrected chi connectivity index (χ0v) is 8.52. The Labute approximate surface area is 88.5 Å². The number of benzene rings is 1. The lowest BCUT2D eigenvalue weighted by Crippen LogP contribution is -2.17. The molecule has 0 amide bonds. The van der Waals surface area contributed by atoms with E-state index in [0.717, 1.165) is 5.56 Å². The predicted octanol–water partition coefficient (Wildman–Crippen LogP) is 1.59. The van der Waals surface area contributed by atoms with E-state index in [-0.39, 0.29) is 11.9 Å². The molecule has 0 saturated carbocycles. The summed E-state index contributed by atoms with van der Waals surface area (Å²) in [5.41, 5.74) is 6.16. The molecular weight excluding hydrogens is 193 g/mol. The molecule has 0 aliphatic rings. The van der Waals surface area contributed by atoms with Gasteiger partial charge >= 0.3 is 0 Å². The van der Waals surface area contributed by atoms with Crippen molar-refractivity contribution in [2.24, 2.45) is 10.7 Å². The molecule has 0 radical (unpaired) electrons. The zero-order chi connectivity index (χ0) is 11.1. The van der Waals surface area contributed by atoms with Crippen molar-refractivity contribution in [3.63, 3.8) is 0 Å². The van der Waals surface area contributed by atoms with Crippen LogP contribution in [0.1, 0.15) is 11.6 Å². The van der Waals surface area contributed by atoms with Crippen molar-refractivity contribution in [3.05, 3.63) is 48.0 Å². The van der Waals surface area contributed by atoms with Gasteiger partial charge in [-0.05, 0) is 17.7 Å². The molecule has 0 spiro atoms. The van der Waals surface area contributed by atoms with E-state index in [1.165, 1.54) is 18.3 Å². The molecule has 0 aromatic heterocycles. The molecule has 0 heterocycles. The van der Waals surface area contributed by atoms with Crippen LogP contribution in [0.15, 0.2) is 41.7 Å². The van der Waals surface area contributed by atoms with Gasteiger partial charge in [0.25, 0.3) is 0 Å². The molecule has 0 aliphatic carbocycles. The van der Waals surface area contributed by atoms with Crippen LogP contribution in [0, 0.1) is 5.82 Å². The lowest BCUT2D eigenvalue weighted by Gasteiger charge is -2.12. The van der Waals surface area contributed by atoms with E-state index in [1.54, 1.807) is 31.6 Å². The van der Waals surface area contributed by atoms with Gasteiger partial charge in [-0.25, -0.2) is 4.39 Å². The smallest absolute Gasteiger partial charge is 0.123 e. The van der Waals surface area contributed by atoms with Crippen molar-refractivity contribution in [3.8, 4) is 0 Å². The SMILES string of the molecule is C/N=C\C(N/C=C/N)c1ccc(F)cc1. The minimum atomic E-state index is -0.250. The van der Waals surface area contributed by atoms with Crippen LogP contribution in [0.3, 0.4) is 0 Å². The van der Waals surface area contributed by atoms with Crippen molar-refractivity contribution >= 4 is 6.21 Å². The second kappa shape index (κ2) is 5.80. The highest BCUT2D eigenvalue weighted by Crippen LogP contribution is 2.11. The second-order valence-corrected chi connectivity index (χ2v) is 2.96. The maximum absolute atomic E-state index is 12.7. The fourth-order valence-electron chi connectivity index (χ4n) is 1.20. The summed E-state index contributed by atoms with van der Waals surface area (Å²) in [6.07, 6.45) is 4.75. The van der Waals surface area contributed by atoms with E-state index in [0.29, 0.717) is 0 Å². The van der Waals surface area contributed by atoms with E-state index in [2.05, 4.69) is 10.3 Å². The molecule has 15 heavy (non-hydrogen) atoms. The van der Waals surface area contributed by atoms with Gasteiger partial charge in [-0.1, -0.05) is 12.1 Å².